The lowest BCUT2D eigenvalue weighted by Crippen LogP contribution is -2.22. The molecule has 0 saturated carbocycles. The Labute approximate surface area is 146 Å². The molecule has 0 bridgehead atoms. The van der Waals surface area contributed by atoms with E-state index in [0.717, 1.165) is 16.2 Å². The van der Waals surface area contributed by atoms with E-state index in [0.29, 0.717) is 18.7 Å². The Morgan fingerprint density at radius 3 is 2.54 bits per heavy atom. The zero-order valence-corrected chi connectivity index (χ0v) is 14.2. The van der Waals surface area contributed by atoms with Gasteiger partial charge in [-0.05, 0) is 36.8 Å². The average molecular weight is 338 g/mol. The predicted octanol–water partition coefficient (Wildman–Crippen LogP) is 2.85. The molecule has 0 aliphatic heterocycles. The van der Waals surface area contributed by atoms with Crippen molar-refractivity contribution in [3.63, 3.8) is 0 Å². The second-order valence-corrected chi connectivity index (χ2v) is 6.14. The number of hydrogen-bond acceptors (Lipinski definition) is 4. The van der Waals surface area contributed by atoms with Crippen molar-refractivity contribution in [1.82, 2.24) is 20.3 Å². The first-order chi connectivity index (χ1) is 11.6. The number of aryl methyl sites for hydroxylation is 1. The van der Waals surface area contributed by atoms with E-state index in [1.807, 2.05) is 6.20 Å². The van der Waals surface area contributed by atoms with Crippen molar-refractivity contribution in [3.8, 4) is 0 Å². The summed E-state index contributed by atoms with van der Waals surface area (Å²) in [5, 5.41) is 11.0. The van der Waals surface area contributed by atoms with Crippen molar-refractivity contribution in [1.29, 1.82) is 0 Å². The van der Waals surface area contributed by atoms with Crippen LogP contribution in [0.1, 0.15) is 27.2 Å². The van der Waals surface area contributed by atoms with Crippen LogP contribution in [0.4, 0.5) is 0 Å². The molecule has 0 aliphatic rings. The topological polar surface area (TPSA) is 59.8 Å². The van der Waals surface area contributed by atoms with Gasteiger partial charge in [-0.1, -0.05) is 35.0 Å². The molecule has 3 aromatic rings. The normalized spacial score (nSPS) is 10.6. The molecule has 0 unspecified atom stereocenters. The van der Waals surface area contributed by atoms with Crippen LogP contribution >= 0.6 is 12.6 Å². The number of amides is 1. The zero-order chi connectivity index (χ0) is 16.9. The van der Waals surface area contributed by atoms with E-state index < -0.39 is 0 Å². The number of hydrogen-bond donors (Lipinski definition) is 2. The lowest BCUT2D eigenvalue weighted by Gasteiger charge is -2.03. The molecule has 3 rings (SSSR count). The number of carbonyl (C=O) groups excluding carboxylic acids is 1. The van der Waals surface area contributed by atoms with Crippen LogP contribution in [0.2, 0.25) is 0 Å². The number of carbonyl (C=O) groups is 1. The molecule has 122 valence electrons. The van der Waals surface area contributed by atoms with Gasteiger partial charge in [0.05, 0.1) is 19.3 Å². The van der Waals surface area contributed by atoms with Gasteiger partial charge in [0.25, 0.3) is 5.91 Å². The molecule has 0 atom stereocenters. The maximum Gasteiger partial charge on any atom is 0.251 e. The molecule has 0 spiro atoms. The Morgan fingerprint density at radius 1 is 1.12 bits per heavy atom. The fraction of sp³-hybridized carbons (Fsp3) is 0.167. The number of thiol groups is 1. The van der Waals surface area contributed by atoms with E-state index in [1.165, 1.54) is 5.56 Å². The van der Waals surface area contributed by atoms with Crippen LogP contribution in [-0.2, 0) is 13.1 Å². The van der Waals surface area contributed by atoms with Crippen LogP contribution in [0.3, 0.4) is 0 Å². The third kappa shape index (κ3) is 4.23. The monoisotopic (exact) mass is 338 g/mol. The van der Waals surface area contributed by atoms with E-state index in [-0.39, 0.29) is 5.91 Å². The quantitative estimate of drug-likeness (QED) is 0.703. The van der Waals surface area contributed by atoms with Gasteiger partial charge in [0.15, 0.2) is 0 Å². The van der Waals surface area contributed by atoms with Gasteiger partial charge in [-0.3, -0.25) is 4.79 Å². The highest BCUT2D eigenvalue weighted by Gasteiger charge is 2.07. The van der Waals surface area contributed by atoms with Gasteiger partial charge in [-0.15, -0.1) is 17.7 Å². The van der Waals surface area contributed by atoms with Gasteiger partial charge in [0, 0.05) is 10.5 Å². The molecule has 0 saturated heterocycles. The standard InChI is InChI=1S/C18H18N4OS/c1-13-2-4-14(5-3-13)11-22-12-16(20-21-22)10-19-18(23)15-6-8-17(24)9-7-15/h2-9,12,24H,10-11H2,1H3,(H,19,23). The fourth-order valence-electron chi connectivity index (χ4n) is 2.26. The maximum atomic E-state index is 12.1. The number of nitrogens with one attached hydrogen (secondary N) is 1. The number of rotatable bonds is 5. The first-order valence-electron chi connectivity index (χ1n) is 7.62. The summed E-state index contributed by atoms with van der Waals surface area (Å²) in [5.74, 6) is -0.142. The largest absolute Gasteiger partial charge is 0.346 e. The Balaban J connectivity index is 1.56. The fourth-order valence-corrected chi connectivity index (χ4v) is 2.41. The molecular weight excluding hydrogens is 320 g/mol. The summed E-state index contributed by atoms with van der Waals surface area (Å²) in [4.78, 5) is 12.9. The van der Waals surface area contributed by atoms with E-state index in [9.17, 15) is 4.79 Å². The Hall–Kier alpha value is -2.60. The van der Waals surface area contributed by atoms with Crippen LogP contribution in [0.15, 0.2) is 59.6 Å². The summed E-state index contributed by atoms with van der Waals surface area (Å²) in [5.41, 5.74) is 3.71. The van der Waals surface area contributed by atoms with Gasteiger partial charge in [0.2, 0.25) is 0 Å². The van der Waals surface area contributed by atoms with Crippen LogP contribution in [0, 0.1) is 6.92 Å². The van der Waals surface area contributed by atoms with Gasteiger partial charge in [-0.25, -0.2) is 4.68 Å². The summed E-state index contributed by atoms with van der Waals surface area (Å²) in [6, 6.07) is 15.4. The summed E-state index contributed by atoms with van der Waals surface area (Å²) < 4.78 is 1.77. The highest BCUT2D eigenvalue weighted by Crippen LogP contribution is 2.08. The van der Waals surface area contributed by atoms with Crippen molar-refractivity contribution in [3.05, 3.63) is 77.1 Å². The average Bonchev–Trinajstić information content (AvgIpc) is 3.03. The Morgan fingerprint density at radius 2 is 1.83 bits per heavy atom. The molecule has 2 aromatic carbocycles. The lowest BCUT2D eigenvalue weighted by atomic mass is 10.1. The van der Waals surface area contributed by atoms with Gasteiger partial charge < -0.3 is 5.32 Å². The van der Waals surface area contributed by atoms with E-state index in [4.69, 9.17) is 0 Å². The minimum Gasteiger partial charge on any atom is -0.346 e. The van der Waals surface area contributed by atoms with Crippen molar-refractivity contribution >= 4 is 18.5 Å². The Bertz CT molecular complexity index is 825. The first-order valence-corrected chi connectivity index (χ1v) is 8.07. The summed E-state index contributed by atoms with van der Waals surface area (Å²) in [6.45, 7) is 3.06. The molecule has 1 heterocycles. The van der Waals surface area contributed by atoms with E-state index >= 15 is 0 Å². The van der Waals surface area contributed by atoms with Crippen molar-refractivity contribution in [2.24, 2.45) is 0 Å². The maximum absolute atomic E-state index is 12.1. The molecule has 24 heavy (non-hydrogen) atoms. The minimum absolute atomic E-state index is 0.142. The number of aromatic nitrogens is 3. The van der Waals surface area contributed by atoms with Crippen molar-refractivity contribution < 1.29 is 4.79 Å². The first kappa shape index (κ1) is 16.3. The summed E-state index contributed by atoms with van der Waals surface area (Å²) >= 11 is 4.21. The van der Waals surface area contributed by atoms with Crippen molar-refractivity contribution in [2.75, 3.05) is 0 Å². The molecule has 0 radical (unpaired) electrons. The molecule has 1 aromatic heterocycles. The molecule has 1 amide bonds. The SMILES string of the molecule is Cc1ccc(Cn2cc(CNC(=O)c3ccc(S)cc3)nn2)cc1. The van der Waals surface area contributed by atoms with E-state index in [2.05, 4.69) is 59.4 Å². The summed E-state index contributed by atoms with van der Waals surface area (Å²) in [7, 11) is 0. The molecular formula is C18H18N4OS. The highest BCUT2D eigenvalue weighted by atomic mass is 32.1. The molecule has 0 aliphatic carbocycles. The van der Waals surface area contributed by atoms with Crippen LogP contribution in [-0.4, -0.2) is 20.9 Å². The molecule has 1 N–H and O–H groups in total. The molecule has 5 nitrogen and oxygen atoms in total. The second kappa shape index (κ2) is 7.31. The molecule has 6 heteroatoms. The highest BCUT2D eigenvalue weighted by molar-refractivity contribution is 7.80. The second-order valence-electron chi connectivity index (χ2n) is 5.62. The van der Waals surface area contributed by atoms with Crippen molar-refractivity contribution in [2.45, 2.75) is 24.9 Å². The third-order valence-corrected chi connectivity index (χ3v) is 3.91. The smallest absolute Gasteiger partial charge is 0.251 e. The van der Waals surface area contributed by atoms with Gasteiger partial charge in [0.1, 0.15) is 5.69 Å². The van der Waals surface area contributed by atoms with E-state index in [1.54, 1.807) is 28.9 Å². The van der Waals surface area contributed by atoms with Crippen LogP contribution < -0.4 is 5.32 Å². The van der Waals surface area contributed by atoms with Crippen LogP contribution in [0.25, 0.3) is 0 Å². The predicted molar refractivity (Wildman–Crippen MR) is 95.2 cm³/mol. The summed E-state index contributed by atoms with van der Waals surface area (Å²) in [6.07, 6.45) is 1.84. The molecule has 0 fully saturated rings. The van der Waals surface area contributed by atoms with Gasteiger partial charge in [-0.2, -0.15) is 0 Å². The number of benzene rings is 2. The number of nitrogens with zero attached hydrogens (tertiary/aromatic N) is 3. The van der Waals surface area contributed by atoms with Gasteiger partial charge >= 0.3 is 0 Å². The lowest BCUT2D eigenvalue weighted by molar-refractivity contribution is 0.0950. The van der Waals surface area contributed by atoms with Crippen LogP contribution in [0.5, 0.6) is 0 Å². The minimum atomic E-state index is -0.142. The zero-order valence-electron chi connectivity index (χ0n) is 13.3. The third-order valence-electron chi connectivity index (χ3n) is 3.61. The Kier molecular flexibility index (Phi) is 4.96.